The number of amides is 1. The van der Waals surface area contributed by atoms with E-state index in [-0.39, 0.29) is 23.5 Å². The minimum absolute atomic E-state index is 0.00181. The van der Waals surface area contributed by atoms with E-state index in [0.717, 1.165) is 12.8 Å². The van der Waals surface area contributed by atoms with Crippen LogP contribution in [-0.4, -0.2) is 23.1 Å². The molecule has 0 saturated heterocycles. The molecule has 23 heavy (non-hydrogen) atoms. The van der Waals surface area contributed by atoms with E-state index in [0.29, 0.717) is 23.3 Å². The van der Waals surface area contributed by atoms with Crippen LogP contribution in [0, 0.1) is 17.8 Å². The Kier molecular flexibility index (Phi) is 4.28. The van der Waals surface area contributed by atoms with Gasteiger partial charge in [-0.3, -0.25) is 4.79 Å². The average molecular weight is 317 g/mol. The molecule has 0 aliphatic heterocycles. The molecule has 124 valence electrons. The van der Waals surface area contributed by atoms with Crippen molar-refractivity contribution in [3.63, 3.8) is 0 Å². The van der Waals surface area contributed by atoms with Crippen LogP contribution in [0.2, 0.25) is 0 Å². The lowest BCUT2D eigenvalue weighted by Gasteiger charge is -2.15. The van der Waals surface area contributed by atoms with Gasteiger partial charge in [0.05, 0.1) is 17.4 Å². The van der Waals surface area contributed by atoms with Crippen molar-refractivity contribution in [1.29, 1.82) is 0 Å². The Morgan fingerprint density at radius 1 is 1.22 bits per heavy atom. The molecule has 2 atom stereocenters. The number of carboxylic acid groups (broad SMARTS) is 1. The molecular weight excluding hydrogens is 294 g/mol. The van der Waals surface area contributed by atoms with Gasteiger partial charge < -0.3 is 15.2 Å². The molecule has 2 unspecified atom stereocenters. The van der Waals surface area contributed by atoms with Crippen LogP contribution in [0.25, 0.3) is 0 Å². The molecule has 5 heteroatoms. The van der Waals surface area contributed by atoms with Gasteiger partial charge in [0.2, 0.25) is 5.91 Å². The predicted octanol–water partition coefficient (Wildman–Crippen LogP) is 3.55. The zero-order valence-corrected chi connectivity index (χ0v) is 13.5. The highest BCUT2D eigenvalue weighted by atomic mass is 16.5. The fourth-order valence-corrected chi connectivity index (χ4v) is 3.71. The number of nitrogens with one attached hydrogen (secondary N) is 1. The lowest BCUT2D eigenvalue weighted by atomic mass is 10.0. The van der Waals surface area contributed by atoms with Crippen LogP contribution in [0.5, 0.6) is 5.75 Å². The summed E-state index contributed by atoms with van der Waals surface area (Å²) in [7, 11) is 0. The van der Waals surface area contributed by atoms with E-state index in [2.05, 4.69) is 5.32 Å². The SMILES string of the molecule is CC(C)Oc1ccc(C(=O)O)cc1NC(=O)C1C2CCCCC21. The van der Waals surface area contributed by atoms with E-state index in [1.165, 1.54) is 25.0 Å². The first kappa shape index (κ1) is 15.8. The summed E-state index contributed by atoms with van der Waals surface area (Å²) >= 11 is 0. The molecule has 2 aliphatic carbocycles. The molecule has 1 amide bonds. The molecular formula is C18H23NO4. The van der Waals surface area contributed by atoms with Crippen LogP contribution in [0.15, 0.2) is 18.2 Å². The first-order valence-electron chi connectivity index (χ1n) is 8.32. The third-order valence-electron chi connectivity index (χ3n) is 4.81. The van der Waals surface area contributed by atoms with Gasteiger partial charge in [0.15, 0.2) is 0 Å². The number of carbonyl (C=O) groups excluding carboxylic acids is 1. The Balaban J connectivity index is 1.78. The van der Waals surface area contributed by atoms with Gasteiger partial charge in [0.1, 0.15) is 5.75 Å². The smallest absolute Gasteiger partial charge is 0.335 e. The highest BCUT2D eigenvalue weighted by Crippen LogP contribution is 2.55. The van der Waals surface area contributed by atoms with Crippen molar-refractivity contribution < 1.29 is 19.4 Å². The van der Waals surface area contributed by atoms with Gasteiger partial charge in [0, 0.05) is 5.92 Å². The Morgan fingerprint density at radius 2 is 1.87 bits per heavy atom. The summed E-state index contributed by atoms with van der Waals surface area (Å²) in [5, 5.41) is 12.1. The number of carbonyl (C=O) groups is 2. The molecule has 2 saturated carbocycles. The molecule has 0 spiro atoms. The largest absolute Gasteiger partial charge is 0.489 e. The van der Waals surface area contributed by atoms with Gasteiger partial charge in [-0.25, -0.2) is 4.79 Å². The second-order valence-electron chi connectivity index (χ2n) is 6.81. The van der Waals surface area contributed by atoms with Crippen LogP contribution in [0.4, 0.5) is 5.69 Å². The van der Waals surface area contributed by atoms with E-state index in [4.69, 9.17) is 9.84 Å². The van der Waals surface area contributed by atoms with Crippen LogP contribution in [0.3, 0.4) is 0 Å². The zero-order valence-electron chi connectivity index (χ0n) is 13.5. The molecule has 2 N–H and O–H groups in total. The summed E-state index contributed by atoms with van der Waals surface area (Å²) < 4.78 is 5.69. The molecule has 0 aromatic heterocycles. The van der Waals surface area contributed by atoms with Crippen molar-refractivity contribution in [2.45, 2.75) is 45.6 Å². The number of benzene rings is 1. The van der Waals surface area contributed by atoms with E-state index in [9.17, 15) is 9.59 Å². The minimum atomic E-state index is -1.02. The summed E-state index contributed by atoms with van der Waals surface area (Å²) in [5.41, 5.74) is 0.594. The average Bonchev–Trinajstić information content (AvgIpc) is 3.22. The number of aromatic carboxylic acids is 1. The first-order chi connectivity index (χ1) is 11.0. The van der Waals surface area contributed by atoms with E-state index >= 15 is 0 Å². The Morgan fingerprint density at radius 3 is 2.43 bits per heavy atom. The summed E-state index contributed by atoms with van der Waals surface area (Å²) in [4.78, 5) is 23.7. The number of carboxylic acids is 1. The van der Waals surface area contributed by atoms with Crippen LogP contribution >= 0.6 is 0 Å². The quantitative estimate of drug-likeness (QED) is 0.871. The highest BCUT2D eigenvalue weighted by Gasteiger charge is 2.54. The molecule has 3 rings (SSSR count). The Bertz CT molecular complexity index is 613. The number of hydrogen-bond donors (Lipinski definition) is 2. The van der Waals surface area contributed by atoms with Gasteiger partial charge in [-0.05, 0) is 56.7 Å². The molecule has 1 aromatic carbocycles. The van der Waals surface area contributed by atoms with E-state index in [1.807, 2.05) is 13.8 Å². The fraction of sp³-hybridized carbons (Fsp3) is 0.556. The zero-order chi connectivity index (χ0) is 16.6. The van der Waals surface area contributed by atoms with Gasteiger partial charge in [-0.1, -0.05) is 12.8 Å². The highest BCUT2D eigenvalue weighted by molar-refractivity contribution is 5.98. The van der Waals surface area contributed by atoms with Crippen LogP contribution in [-0.2, 0) is 4.79 Å². The van der Waals surface area contributed by atoms with Crippen molar-refractivity contribution in [3.05, 3.63) is 23.8 Å². The summed E-state index contributed by atoms with van der Waals surface area (Å²) in [6, 6.07) is 4.58. The van der Waals surface area contributed by atoms with E-state index < -0.39 is 5.97 Å². The molecule has 0 heterocycles. The Hall–Kier alpha value is -2.04. The molecule has 2 aliphatic rings. The number of fused-ring (bicyclic) bond motifs is 1. The maximum Gasteiger partial charge on any atom is 0.335 e. The second kappa shape index (κ2) is 6.22. The van der Waals surface area contributed by atoms with Crippen molar-refractivity contribution in [2.24, 2.45) is 17.8 Å². The van der Waals surface area contributed by atoms with Gasteiger partial charge in [-0.15, -0.1) is 0 Å². The maximum absolute atomic E-state index is 12.5. The van der Waals surface area contributed by atoms with Crippen LogP contribution in [0.1, 0.15) is 49.9 Å². The second-order valence-corrected chi connectivity index (χ2v) is 6.81. The standard InChI is InChI=1S/C18H23NO4/c1-10(2)23-15-8-7-11(18(21)22)9-14(15)19-17(20)16-12-5-3-4-6-13(12)16/h7-10,12-13,16H,3-6H2,1-2H3,(H,19,20)(H,21,22). The van der Waals surface area contributed by atoms with Gasteiger partial charge in [0.25, 0.3) is 0 Å². The van der Waals surface area contributed by atoms with Gasteiger partial charge >= 0.3 is 5.97 Å². The Labute approximate surface area is 136 Å². The van der Waals surface area contributed by atoms with E-state index in [1.54, 1.807) is 6.07 Å². The van der Waals surface area contributed by atoms with Gasteiger partial charge in [-0.2, -0.15) is 0 Å². The molecule has 1 aromatic rings. The number of ether oxygens (including phenoxy) is 1. The molecule has 2 fully saturated rings. The number of anilines is 1. The van der Waals surface area contributed by atoms with Crippen molar-refractivity contribution in [2.75, 3.05) is 5.32 Å². The topological polar surface area (TPSA) is 75.6 Å². The fourth-order valence-electron chi connectivity index (χ4n) is 3.71. The third kappa shape index (κ3) is 3.33. The molecule has 0 bridgehead atoms. The van der Waals surface area contributed by atoms with Crippen molar-refractivity contribution >= 4 is 17.6 Å². The molecule has 0 radical (unpaired) electrons. The molecule has 5 nitrogen and oxygen atoms in total. The van der Waals surface area contributed by atoms with Crippen molar-refractivity contribution in [3.8, 4) is 5.75 Å². The summed E-state index contributed by atoms with van der Waals surface area (Å²) in [5.74, 6) is 0.608. The summed E-state index contributed by atoms with van der Waals surface area (Å²) in [6.07, 6.45) is 4.63. The lowest BCUT2D eigenvalue weighted by molar-refractivity contribution is -0.117. The predicted molar refractivity (Wildman–Crippen MR) is 86.7 cm³/mol. The number of hydrogen-bond acceptors (Lipinski definition) is 3. The first-order valence-corrected chi connectivity index (χ1v) is 8.32. The summed E-state index contributed by atoms with van der Waals surface area (Å²) in [6.45, 7) is 3.79. The third-order valence-corrected chi connectivity index (χ3v) is 4.81. The lowest BCUT2D eigenvalue weighted by Crippen LogP contribution is -2.18. The van der Waals surface area contributed by atoms with Crippen LogP contribution < -0.4 is 10.1 Å². The monoisotopic (exact) mass is 317 g/mol. The minimum Gasteiger partial charge on any atom is -0.489 e. The number of rotatable bonds is 5. The van der Waals surface area contributed by atoms with Crippen molar-refractivity contribution in [1.82, 2.24) is 0 Å². The normalized spacial score (nSPS) is 25.6. The maximum atomic E-state index is 12.5.